The average molecular weight is 298 g/mol. The fourth-order valence-electron chi connectivity index (χ4n) is 2.65. The van der Waals surface area contributed by atoms with Gasteiger partial charge in [0, 0.05) is 17.1 Å². The van der Waals surface area contributed by atoms with E-state index in [1.165, 1.54) is 36.3 Å². The molecule has 1 N–H and O–H groups in total. The van der Waals surface area contributed by atoms with Crippen LogP contribution in [-0.4, -0.2) is 23.6 Å². The van der Waals surface area contributed by atoms with E-state index >= 15 is 0 Å². The highest BCUT2D eigenvalue weighted by Gasteiger charge is 2.30. The van der Waals surface area contributed by atoms with Gasteiger partial charge in [0.1, 0.15) is 0 Å². The van der Waals surface area contributed by atoms with E-state index in [9.17, 15) is 0 Å². The summed E-state index contributed by atoms with van der Waals surface area (Å²) in [5.74, 6) is 3.24. The second-order valence-electron chi connectivity index (χ2n) is 5.47. The molecule has 1 unspecified atom stereocenters. The van der Waals surface area contributed by atoms with Crippen molar-refractivity contribution in [3.05, 3.63) is 34.9 Å². The summed E-state index contributed by atoms with van der Waals surface area (Å²) < 4.78 is 0. The Balaban J connectivity index is 1.67. The lowest BCUT2D eigenvalue weighted by molar-refractivity contribution is 0.268. The van der Waals surface area contributed by atoms with Crippen LogP contribution >= 0.6 is 23.4 Å². The smallest absolute Gasteiger partial charge is 0.0406 e. The summed E-state index contributed by atoms with van der Waals surface area (Å²) in [6, 6.07) is 9.71. The van der Waals surface area contributed by atoms with Crippen molar-refractivity contribution < 1.29 is 0 Å². The van der Waals surface area contributed by atoms with Crippen molar-refractivity contribution in [3.8, 4) is 0 Å². The molecule has 1 aliphatic carbocycles. The van der Waals surface area contributed by atoms with Gasteiger partial charge < -0.3 is 5.32 Å². The molecular weight excluding hydrogens is 274 g/mol. The topological polar surface area (TPSA) is 12.0 Å². The molecule has 19 heavy (non-hydrogen) atoms. The standard InChI is InChI=1S/C16H24ClNS/c1-3-19-9-8-12(2)18-16-10-14(11-16)13-4-6-15(17)7-5-13/h4-7,12,14,16,18H,3,8-11H2,1-2H3. The van der Waals surface area contributed by atoms with E-state index in [0.717, 1.165) is 10.9 Å². The third-order valence-corrected chi connectivity index (χ3v) is 5.08. The lowest BCUT2D eigenvalue weighted by Crippen LogP contribution is -2.44. The van der Waals surface area contributed by atoms with E-state index < -0.39 is 0 Å². The summed E-state index contributed by atoms with van der Waals surface area (Å²) in [5, 5.41) is 4.58. The Labute approximate surface area is 126 Å². The molecule has 2 rings (SSSR count). The number of halogens is 1. The highest BCUT2D eigenvalue weighted by molar-refractivity contribution is 7.99. The van der Waals surface area contributed by atoms with Crippen molar-refractivity contribution >= 4 is 23.4 Å². The summed E-state index contributed by atoms with van der Waals surface area (Å²) in [6.45, 7) is 4.54. The molecule has 1 atom stereocenters. The van der Waals surface area contributed by atoms with Crippen LogP contribution in [0.4, 0.5) is 0 Å². The van der Waals surface area contributed by atoms with Crippen molar-refractivity contribution in [3.63, 3.8) is 0 Å². The van der Waals surface area contributed by atoms with Crippen LogP contribution in [0.5, 0.6) is 0 Å². The number of nitrogens with one attached hydrogen (secondary N) is 1. The molecule has 3 heteroatoms. The van der Waals surface area contributed by atoms with Gasteiger partial charge in [-0.25, -0.2) is 0 Å². The number of benzene rings is 1. The average Bonchev–Trinajstić information content (AvgIpc) is 2.35. The molecule has 0 amide bonds. The molecule has 0 saturated heterocycles. The Morgan fingerprint density at radius 1 is 1.32 bits per heavy atom. The predicted molar refractivity (Wildman–Crippen MR) is 87.4 cm³/mol. The monoisotopic (exact) mass is 297 g/mol. The van der Waals surface area contributed by atoms with Gasteiger partial charge in [-0.15, -0.1) is 0 Å². The van der Waals surface area contributed by atoms with E-state index in [4.69, 9.17) is 11.6 Å². The second-order valence-corrected chi connectivity index (χ2v) is 7.30. The Hall–Kier alpha value is -0.180. The fraction of sp³-hybridized carbons (Fsp3) is 0.625. The summed E-state index contributed by atoms with van der Waals surface area (Å²) >= 11 is 7.96. The van der Waals surface area contributed by atoms with Crippen molar-refractivity contribution in [2.75, 3.05) is 11.5 Å². The molecule has 1 saturated carbocycles. The molecule has 0 heterocycles. The lowest BCUT2D eigenvalue weighted by atomic mass is 9.75. The molecule has 0 radical (unpaired) electrons. The maximum absolute atomic E-state index is 5.92. The maximum atomic E-state index is 5.92. The van der Waals surface area contributed by atoms with Crippen LogP contribution < -0.4 is 5.32 Å². The third-order valence-electron chi connectivity index (χ3n) is 3.90. The van der Waals surface area contributed by atoms with Gasteiger partial charge in [-0.05, 0) is 61.3 Å². The first-order valence-corrected chi connectivity index (χ1v) is 8.81. The summed E-state index contributed by atoms with van der Waals surface area (Å²) in [7, 11) is 0. The van der Waals surface area contributed by atoms with E-state index in [2.05, 4.69) is 31.3 Å². The first-order valence-electron chi connectivity index (χ1n) is 7.28. The predicted octanol–water partition coefficient (Wildman–Crippen LogP) is 4.71. The largest absolute Gasteiger partial charge is 0.311 e. The molecule has 0 aromatic heterocycles. The molecule has 0 bridgehead atoms. The van der Waals surface area contributed by atoms with Gasteiger partial charge in [0.2, 0.25) is 0 Å². The van der Waals surface area contributed by atoms with E-state index in [0.29, 0.717) is 12.1 Å². The van der Waals surface area contributed by atoms with Gasteiger partial charge in [-0.1, -0.05) is 30.7 Å². The summed E-state index contributed by atoms with van der Waals surface area (Å²) in [6.07, 6.45) is 3.82. The van der Waals surface area contributed by atoms with Crippen molar-refractivity contribution in [2.24, 2.45) is 0 Å². The van der Waals surface area contributed by atoms with Crippen LogP contribution in [0, 0.1) is 0 Å². The molecule has 0 aliphatic heterocycles. The Morgan fingerprint density at radius 3 is 2.63 bits per heavy atom. The quantitative estimate of drug-likeness (QED) is 0.732. The van der Waals surface area contributed by atoms with Crippen LogP contribution in [0.3, 0.4) is 0 Å². The molecule has 0 spiro atoms. The zero-order valence-electron chi connectivity index (χ0n) is 11.9. The van der Waals surface area contributed by atoms with Crippen molar-refractivity contribution in [1.29, 1.82) is 0 Å². The number of hydrogen-bond acceptors (Lipinski definition) is 2. The molecule has 1 aromatic rings. The Kier molecular flexibility index (Phi) is 6.06. The maximum Gasteiger partial charge on any atom is 0.0406 e. The van der Waals surface area contributed by atoms with E-state index in [1.807, 2.05) is 23.9 Å². The van der Waals surface area contributed by atoms with Crippen LogP contribution in [-0.2, 0) is 0 Å². The minimum Gasteiger partial charge on any atom is -0.311 e. The van der Waals surface area contributed by atoms with Gasteiger partial charge in [-0.2, -0.15) is 11.8 Å². The summed E-state index contributed by atoms with van der Waals surface area (Å²) in [5.41, 5.74) is 1.44. The Bertz CT molecular complexity index is 373. The third kappa shape index (κ3) is 4.70. The minimum absolute atomic E-state index is 0.648. The van der Waals surface area contributed by atoms with Gasteiger partial charge in [0.05, 0.1) is 0 Å². The first-order chi connectivity index (χ1) is 9.19. The zero-order chi connectivity index (χ0) is 13.7. The van der Waals surface area contributed by atoms with Gasteiger partial charge in [-0.3, -0.25) is 0 Å². The number of rotatable bonds is 7. The van der Waals surface area contributed by atoms with Crippen molar-refractivity contribution in [1.82, 2.24) is 5.32 Å². The van der Waals surface area contributed by atoms with Crippen LogP contribution in [0.25, 0.3) is 0 Å². The molecule has 1 aromatic carbocycles. The lowest BCUT2D eigenvalue weighted by Gasteiger charge is -2.38. The number of hydrogen-bond donors (Lipinski definition) is 1. The minimum atomic E-state index is 0.648. The molecular formula is C16H24ClNS. The van der Waals surface area contributed by atoms with E-state index in [-0.39, 0.29) is 0 Å². The highest BCUT2D eigenvalue weighted by Crippen LogP contribution is 2.37. The van der Waals surface area contributed by atoms with E-state index in [1.54, 1.807) is 0 Å². The first kappa shape index (κ1) is 15.2. The highest BCUT2D eigenvalue weighted by atomic mass is 35.5. The fourth-order valence-corrected chi connectivity index (χ4v) is 3.59. The van der Waals surface area contributed by atoms with Crippen LogP contribution in [0.1, 0.15) is 44.6 Å². The summed E-state index contributed by atoms with van der Waals surface area (Å²) in [4.78, 5) is 0. The van der Waals surface area contributed by atoms with Gasteiger partial charge in [0.25, 0.3) is 0 Å². The number of thioether (sulfide) groups is 1. The normalized spacial score (nSPS) is 23.9. The molecule has 1 nitrogen and oxygen atoms in total. The Morgan fingerprint density at radius 2 is 2.00 bits per heavy atom. The zero-order valence-corrected chi connectivity index (χ0v) is 13.4. The molecule has 1 aliphatic rings. The van der Waals surface area contributed by atoms with Gasteiger partial charge >= 0.3 is 0 Å². The SMILES string of the molecule is CCSCCC(C)NC1CC(c2ccc(Cl)cc2)C1. The van der Waals surface area contributed by atoms with Gasteiger partial charge in [0.15, 0.2) is 0 Å². The molecule has 106 valence electrons. The van der Waals surface area contributed by atoms with Crippen LogP contribution in [0.2, 0.25) is 5.02 Å². The van der Waals surface area contributed by atoms with Crippen LogP contribution in [0.15, 0.2) is 24.3 Å². The molecule has 1 fully saturated rings. The van der Waals surface area contributed by atoms with Crippen molar-refractivity contribution in [2.45, 2.75) is 51.1 Å². The second kappa shape index (κ2) is 7.56.